The second kappa shape index (κ2) is 8.38. The van der Waals surface area contributed by atoms with Crippen LogP contribution in [0.2, 0.25) is 0 Å². The number of carbonyl (C=O) groups is 1. The van der Waals surface area contributed by atoms with Gasteiger partial charge in [-0.2, -0.15) is 0 Å². The van der Waals surface area contributed by atoms with Crippen molar-refractivity contribution in [1.29, 1.82) is 0 Å². The summed E-state index contributed by atoms with van der Waals surface area (Å²) in [5.74, 6) is 0.500. The monoisotopic (exact) mass is 326 g/mol. The average molecular weight is 326 g/mol. The van der Waals surface area contributed by atoms with Crippen molar-refractivity contribution in [3.8, 4) is 11.5 Å². The molecule has 124 valence electrons. The first-order chi connectivity index (χ1) is 11.6. The fourth-order valence-electron chi connectivity index (χ4n) is 1.90. The Kier molecular flexibility index (Phi) is 5.96. The fourth-order valence-corrected chi connectivity index (χ4v) is 1.90. The van der Waals surface area contributed by atoms with Crippen molar-refractivity contribution < 1.29 is 19.1 Å². The number of benzene rings is 2. The molecule has 0 aliphatic rings. The number of nitrogens with two attached hydrogens (primary N) is 1. The van der Waals surface area contributed by atoms with E-state index in [1.165, 1.54) is 20.3 Å². The summed E-state index contributed by atoms with van der Waals surface area (Å²) in [6.45, 7) is 0. The molecule has 0 spiro atoms. The van der Waals surface area contributed by atoms with Crippen LogP contribution in [0.15, 0.2) is 59.8 Å². The SMILES string of the molecule is COc1ccc(/C(N)=N/OC(=O)C=Cc2ccccc2)cc1OC. The van der Waals surface area contributed by atoms with Gasteiger partial charge in [0.1, 0.15) is 0 Å². The van der Waals surface area contributed by atoms with Crippen molar-refractivity contribution in [3.05, 3.63) is 65.7 Å². The van der Waals surface area contributed by atoms with E-state index in [4.69, 9.17) is 20.0 Å². The highest BCUT2D eigenvalue weighted by Crippen LogP contribution is 2.27. The molecule has 2 aromatic rings. The zero-order valence-electron chi connectivity index (χ0n) is 13.4. The van der Waals surface area contributed by atoms with Gasteiger partial charge in [-0.3, -0.25) is 0 Å². The number of hydrogen-bond acceptors (Lipinski definition) is 5. The number of oxime groups is 1. The average Bonchev–Trinajstić information content (AvgIpc) is 2.64. The summed E-state index contributed by atoms with van der Waals surface area (Å²) in [6.07, 6.45) is 2.91. The predicted molar refractivity (Wildman–Crippen MR) is 91.8 cm³/mol. The minimum Gasteiger partial charge on any atom is -0.493 e. The van der Waals surface area contributed by atoms with E-state index in [0.717, 1.165) is 5.56 Å². The van der Waals surface area contributed by atoms with Crippen LogP contribution in [-0.2, 0) is 9.63 Å². The maximum absolute atomic E-state index is 11.7. The van der Waals surface area contributed by atoms with E-state index in [-0.39, 0.29) is 5.84 Å². The highest BCUT2D eigenvalue weighted by atomic mass is 16.7. The molecule has 0 aliphatic heterocycles. The van der Waals surface area contributed by atoms with Gasteiger partial charge in [0.2, 0.25) is 0 Å². The van der Waals surface area contributed by atoms with E-state index in [1.54, 1.807) is 24.3 Å². The summed E-state index contributed by atoms with van der Waals surface area (Å²) < 4.78 is 10.3. The molecule has 0 radical (unpaired) electrons. The smallest absolute Gasteiger partial charge is 0.358 e. The molecular formula is C18H18N2O4. The molecule has 0 amide bonds. The number of rotatable bonds is 6. The fraction of sp³-hybridized carbons (Fsp3) is 0.111. The van der Waals surface area contributed by atoms with Crippen LogP contribution in [-0.4, -0.2) is 26.0 Å². The van der Waals surface area contributed by atoms with Crippen molar-refractivity contribution in [3.63, 3.8) is 0 Å². The van der Waals surface area contributed by atoms with Gasteiger partial charge in [0.05, 0.1) is 14.2 Å². The van der Waals surface area contributed by atoms with Gasteiger partial charge >= 0.3 is 5.97 Å². The molecule has 0 aliphatic carbocycles. The molecule has 2 N–H and O–H groups in total. The van der Waals surface area contributed by atoms with Gasteiger partial charge in [0, 0.05) is 11.6 Å². The van der Waals surface area contributed by atoms with Gasteiger partial charge < -0.3 is 20.0 Å². The maximum atomic E-state index is 11.7. The lowest BCUT2D eigenvalue weighted by Crippen LogP contribution is -2.15. The highest BCUT2D eigenvalue weighted by Gasteiger charge is 2.08. The molecule has 0 heterocycles. The minimum absolute atomic E-state index is 0.0532. The minimum atomic E-state index is -0.623. The van der Waals surface area contributed by atoms with Crippen LogP contribution in [0.1, 0.15) is 11.1 Å². The molecule has 0 aromatic heterocycles. The van der Waals surface area contributed by atoms with Gasteiger partial charge in [0.15, 0.2) is 17.3 Å². The van der Waals surface area contributed by atoms with E-state index in [1.807, 2.05) is 30.3 Å². The zero-order chi connectivity index (χ0) is 17.4. The number of carbonyl (C=O) groups excluding carboxylic acids is 1. The van der Waals surface area contributed by atoms with Gasteiger partial charge in [-0.25, -0.2) is 4.79 Å². The summed E-state index contributed by atoms with van der Waals surface area (Å²) in [6, 6.07) is 14.4. The van der Waals surface area contributed by atoms with Gasteiger partial charge in [-0.15, -0.1) is 0 Å². The summed E-state index contributed by atoms with van der Waals surface area (Å²) in [5.41, 5.74) is 7.25. The van der Waals surface area contributed by atoms with E-state index in [0.29, 0.717) is 17.1 Å². The third kappa shape index (κ3) is 4.61. The number of ether oxygens (including phenoxy) is 2. The van der Waals surface area contributed by atoms with Crippen molar-refractivity contribution in [2.75, 3.05) is 14.2 Å². The van der Waals surface area contributed by atoms with Crippen LogP contribution in [0.3, 0.4) is 0 Å². The van der Waals surface area contributed by atoms with Crippen LogP contribution >= 0.6 is 0 Å². The second-order valence-electron chi connectivity index (χ2n) is 4.70. The molecule has 6 heteroatoms. The van der Waals surface area contributed by atoms with Gasteiger partial charge in [-0.05, 0) is 29.8 Å². The maximum Gasteiger partial charge on any atom is 0.358 e. The Balaban J connectivity index is 2.03. The van der Waals surface area contributed by atoms with Crippen molar-refractivity contribution in [2.24, 2.45) is 10.9 Å². The van der Waals surface area contributed by atoms with E-state index < -0.39 is 5.97 Å². The Morgan fingerprint density at radius 2 is 1.75 bits per heavy atom. The quantitative estimate of drug-likeness (QED) is 0.290. The molecule has 0 bridgehead atoms. The number of methoxy groups -OCH3 is 2. The van der Waals surface area contributed by atoms with E-state index >= 15 is 0 Å². The molecule has 0 unspecified atom stereocenters. The van der Waals surface area contributed by atoms with Gasteiger partial charge in [0.25, 0.3) is 0 Å². The lowest BCUT2D eigenvalue weighted by atomic mass is 10.2. The van der Waals surface area contributed by atoms with Crippen LogP contribution in [0, 0.1) is 0 Å². The lowest BCUT2D eigenvalue weighted by Gasteiger charge is -2.08. The van der Waals surface area contributed by atoms with Crippen LogP contribution < -0.4 is 15.2 Å². The van der Waals surface area contributed by atoms with Crippen molar-refractivity contribution in [1.82, 2.24) is 0 Å². The van der Waals surface area contributed by atoms with Crippen LogP contribution in [0.25, 0.3) is 6.08 Å². The first-order valence-electron chi connectivity index (χ1n) is 7.14. The molecule has 24 heavy (non-hydrogen) atoms. The third-order valence-electron chi connectivity index (χ3n) is 3.12. The molecule has 2 rings (SSSR count). The molecule has 0 fully saturated rings. The number of nitrogens with zero attached hydrogens (tertiary/aromatic N) is 1. The lowest BCUT2D eigenvalue weighted by molar-refractivity contribution is -0.137. The van der Waals surface area contributed by atoms with Gasteiger partial charge in [-0.1, -0.05) is 35.5 Å². The Morgan fingerprint density at radius 3 is 2.42 bits per heavy atom. The summed E-state index contributed by atoms with van der Waals surface area (Å²) >= 11 is 0. The standard InChI is InChI=1S/C18H18N2O4/c1-22-15-10-9-14(12-16(15)23-2)18(19)20-24-17(21)11-8-13-6-4-3-5-7-13/h3-12H,1-2H3,(H2,19,20). The number of hydrogen-bond donors (Lipinski definition) is 1. The van der Waals surface area contributed by atoms with E-state index in [9.17, 15) is 4.79 Å². The summed E-state index contributed by atoms with van der Waals surface area (Å²) in [4.78, 5) is 16.4. The number of amidine groups is 1. The molecule has 2 aromatic carbocycles. The molecule has 0 saturated heterocycles. The Labute approximate surface area is 140 Å². The third-order valence-corrected chi connectivity index (χ3v) is 3.12. The topological polar surface area (TPSA) is 83.1 Å². The molecular weight excluding hydrogens is 308 g/mol. The summed E-state index contributed by atoms with van der Waals surface area (Å²) in [5, 5.41) is 3.63. The van der Waals surface area contributed by atoms with Crippen LogP contribution in [0.4, 0.5) is 0 Å². The first-order valence-corrected chi connectivity index (χ1v) is 7.14. The largest absolute Gasteiger partial charge is 0.493 e. The van der Waals surface area contributed by atoms with Crippen molar-refractivity contribution >= 4 is 17.9 Å². The summed E-state index contributed by atoms with van der Waals surface area (Å²) in [7, 11) is 3.05. The second-order valence-corrected chi connectivity index (χ2v) is 4.70. The Bertz CT molecular complexity index is 755. The molecule has 0 saturated carbocycles. The Morgan fingerprint density at radius 1 is 1.04 bits per heavy atom. The molecule has 0 atom stereocenters. The van der Waals surface area contributed by atoms with E-state index in [2.05, 4.69) is 5.16 Å². The highest BCUT2D eigenvalue weighted by molar-refractivity contribution is 5.98. The Hall–Kier alpha value is -3.28. The molecule has 6 nitrogen and oxygen atoms in total. The predicted octanol–water partition coefficient (Wildman–Crippen LogP) is 2.58. The normalized spacial score (nSPS) is 11.3. The zero-order valence-corrected chi connectivity index (χ0v) is 13.4. The first kappa shape index (κ1) is 17.1. The van der Waals surface area contributed by atoms with Crippen LogP contribution in [0.5, 0.6) is 11.5 Å². The van der Waals surface area contributed by atoms with Crippen molar-refractivity contribution in [2.45, 2.75) is 0 Å².